The van der Waals surface area contributed by atoms with Crippen LogP contribution in [0, 0.1) is 5.82 Å². The molecule has 2 aromatic rings. The number of halogens is 5. The highest BCUT2D eigenvalue weighted by molar-refractivity contribution is 6.30. The first-order chi connectivity index (χ1) is 12.6. The van der Waals surface area contributed by atoms with Crippen LogP contribution in [-0.2, 0) is 11.0 Å². The molecule has 2 atom stereocenters. The summed E-state index contributed by atoms with van der Waals surface area (Å²) in [6, 6.07) is 1.31. The van der Waals surface area contributed by atoms with E-state index in [-0.39, 0.29) is 22.8 Å². The zero-order valence-corrected chi connectivity index (χ0v) is 14.1. The number of carbonyl (C=O) groups is 2. The first-order valence-electron chi connectivity index (χ1n) is 7.52. The highest BCUT2D eigenvalue weighted by Gasteiger charge is 2.40. The lowest BCUT2D eigenvalue weighted by Gasteiger charge is -2.26. The van der Waals surface area contributed by atoms with E-state index in [0.29, 0.717) is 0 Å². The van der Waals surface area contributed by atoms with Gasteiger partial charge in [0.25, 0.3) is 0 Å². The molecule has 0 bridgehead atoms. The smallest absolute Gasteiger partial charge is 0.368 e. The lowest BCUT2D eigenvalue weighted by Crippen LogP contribution is -2.39. The van der Waals surface area contributed by atoms with Crippen molar-refractivity contribution < 1.29 is 27.2 Å². The van der Waals surface area contributed by atoms with E-state index in [2.05, 4.69) is 15.5 Å². The van der Waals surface area contributed by atoms with Crippen LogP contribution in [0.4, 0.5) is 22.4 Å². The second-order valence-electron chi connectivity index (χ2n) is 5.84. The average Bonchev–Trinajstić information content (AvgIpc) is 3.19. The summed E-state index contributed by atoms with van der Waals surface area (Å²) in [4.78, 5) is 24.7. The molecule has 1 saturated heterocycles. The van der Waals surface area contributed by atoms with Gasteiger partial charge in [-0.1, -0.05) is 17.7 Å². The highest BCUT2D eigenvalue weighted by atomic mass is 35.5. The van der Waals surface area contributed by atoms with Gasteiger partial charge in [-0.25, -0.2) is 9.18 Å². The van der Waals surface area contributed by atoms with E-state index in [1.54, 1.807) is 0 Å². The van der Waals surface area contributed by atoms with E-state index < -0.39 is 41.7 Å². The minimum atomic E-state index is -4.71. The summed E-state index contributed by atoms with van der Waals surface area (Å²) in [5.74, 6) is -1.54. The highest BCUT2D eigenvalue weighted by Crippen LogP contribution is 2.35. The zero-order valence-electron chi connectivity index (χ0n) is 13.3. The summed E-state index contributed by atoms with van der Waals surface area (Å²) >= 11 is 5.77. The van der Waals surface area contributed by atoms with Crippen LogP contribution in [0.1, 0.15) is 23.0 Å². The Kier molecular flexibility index (Phi) is 4.72. The second kappa shape index (κ2) is 6.72. The summed E-state index contributed by atoms with van der Waals surface area (Å²) in [5.41, 5.74) is 4.12. The van der Waals surface area contributed by atoms with E-state index in [0.717, 1.165) is 17.0 Å². The molecule has 0 aliphatic carbocycles. The number of nitrogens with two attached hydrogens (primary N) is 1. The van der Waals surface area contributed by atoms with Crippen molar-refractivity contribution in [3.8, 4) is 0 Å². The van der Waals surface area contributed by atoms with Crippen molar-refractivity contribution >= 4 is 23.5 Å². The molecule has 0 radical (unpaired) electrons. The molecule has 3 rings (SSSR count). The van der Waals surface area contributed by atoms with Gasteiger partial charge in [0, 0.05) is 0 Å². The molecule has 2 heterocycles. The molecule has 1 fully saturated rings. The predicted molar refractivity (Wildman–Crippen MR) is 85.1 cm³/mol. The van der Waals surface area contributed by atoms with Gasteiger partial charge in [0.15, 0.2) is 5.69 Å². The first kappa shape index (κ1) is 19.0. The average molecular weight is 406 g/mol. The lowest BCUT2D eigenvalue weighted by molar-refractivity contribution is -0.141. The Balaban J connectivity index is 2.07. The fourth-order valence-corrected chi connectivity index (χ4v) is 2.96. The van der Waals surface area contributed by atoms with Crippen molar-refractivity contribution in [1.29, 1.82) is 0 Å². The zero-order chi connectivity index (χ0) is 19.9. The van der Waals surface area contributed by atoms with Crippen molar-refractivity contribution in [1.82, 2.24) is 20.4 Å². The number of nitrogens with one attached hydrogen (secondary N) is 2. The number of nitrogens with zero attached hydrogens (tertiary/aromatic N) is 2. The van der Waals surface area contributed by atoms with E-state index in [1.165, 1.54) is 12.1 Å². The summed E-state index contributed by atoms with van der Waals surface area (Å²) in [5, 5.41) is 7.52. The van der Waals surface area contributed by atoms with E-state index in [4.69, 9.17) is 17.3 Å². The Hall–Kier alpha value is -2.82. The van der Waals surface area contributed by atoms with Gasteiger partial charge in [0.1, 0.15) is 17.9 Å². The van der Waals surface area contributed by atoms with Crippen LogP contribution in [0.5, 0.6) is 0 Å². The maximum absolute atomic E-state index is 13.5. The molecule has 1 unspecified atom stereocenters. The van der Waals surface area contributed by atoms with Gasteiger partial charge in [-0.15, -0.1) is 0 Å². The number of amides is 3. The van der Waals surface area contributed by atoms with Gasteiger partial charge in [0.2, 0.25) is 5.91 Å². The number of rotatable bonds is 4. The number of aromatic nitrogens is 2. The number of hydrogen-bond acceptors (Lipinski definition) is 3. The van der Waals surface area contributed by atoms with Gasteiger partial charge in [-0.2, -0.15) is 18.3 Å². The molecule has 0 saturated carbocycles. The predicted octanol–water partition coefficient (Wildman–Crippen LogP) is 2.19. The molecule has 1 aromatic heterocycles. The van der Waals surface area contributed by atoms with Crippen molar-refractivity contribution in [2.24, 2.45) is 5.73 Å². The van der Waals surface area contributed by atoms with Crippen LogP contribution in [0.2, 0.25) is 5.02 Å². The monoisotopic (exact) mass is 405 g/mol. The summed E-state index contributed by atoms with van der Waals surface area (Å²) in [6.07, 6.45) is -4.71. The van der Waals surface area contributed by atoms with Crippen molar-refractivity contribution in [3.63, 3.8) is 0 Å². The van der Waals surface area contributed by atoms with Gasteiger partial charge >= 0.3 is 12.2 Å². The van der Waals surface area contributed by atoms with Gasteiger partial charge in [-0.05, 0) is 23.8 Å². The lowest BCUT2D eigenvalue weighted by atomic mass is 10.0. The molecule has 1 aliphatic rings. The normalized spacial score (nSPS) is 18.5. The molecule has 7 nitrogen and oxygen atoms in total. The van der Waals surface area contributed by atoms with E-state index in [9.17, 15) is 27.2 Å². The molecule has 1 aliphatic heterocycles. The number of urea groups is 1. The van der Waals surface area contributed by atoms with Crippen LogP contribution in [0.15, 0.2) is 24.3 Å². The first-order valence-corrected chi connectivity index (χ1v) is 7.89. The number of benzene rings is 1. The molecule has 0 spiro atoms. The van der Waals surface area contributed by atoms with Gasteiger partial charge in [-0.3, -0.25) is 9.89 Å². The molecular weight excluding hydrogens is 394 g/mol. The third kappa shape index (κ3) is 3.68. The number of hydrogen-bond donors (Lipinski definition) is 3. The topological polar surface area (TPSA) is 104 Å². The van der Waals surface area contributed by atoms with Crippen LogP contribution in [-0.4, -0.2) is 39.6 Å². The van der Waals surface area contributed by atoms with E-state index in [1.807, 2.05) is 0 Å². The Labute approximate surface area is 154 Å². The van der Waals surface area contributed by atoms with Crippen molar-refractivity contribution in [2.45, 2.75) is 18.3 Å². The number of carbonyl (C=O) groups excluding carboxylic acids is 2. The number of aromatic amines is 1. The van der Waals surface area contributed by atoms with Crippen LogP contribution >= 0.6 is 11.6 Å². The molecule has 144 valence electrons. The quantitative estimate of drug-likeness (QED) is 0.679. The molecule has 12 heteroatoms. The molecular formula is C15H12ClF4N5O2. The SMILES string of the molecule is NC(=O)C1CN([C@@H](c2ccc(F)c(Cl)c2)c2cc(C(F)(F)F)n[nH]2)C(=O)N1. The van der Waals surface area contributed by atoms with E-state index >= 15 is 0 Å². The summed E-state index contributed by atoms with van der Waals surface area (Å²) < 4.78 is 52.2. The Morgan fingerprint density at radius 3 is 2.59 bits per heavy atom. The third-order valence-corrected chi connectivity index (χ3v) is 4.32. The summed E-state index contributed by atoms with van der Waals surface area (Å²) in [6.45, 7) is -0.200. The van der Waals surface area contributed by atoms with Crippen molar-refractivity contribution in [3.05, 3.63) is 52.1 Å². The molecule has 27 heavy (non-hydrogen) atoms. The van der Waals surface area contributed by atoms with Crippen LogP contribution < -0.4 is 11.1 Å². The van der Waals surface area contributed by atoms with Crippen LogP contribution in [0.3, 0.4) is 0 Å². The minimum absolute atomic E-state index is 0.0923. The number of H-pyrrole nitrogens is 1. The van der Waals surface area contributed by atoms with Gasteiger partial charge < -0.3 is 16.0 Å². The van der Waals surface area contributed by atoms with Gasteiger partial charge in [0.05, 0.1) is 17.3 Å². The molecule has 1 aromatic carbocycles. The minimum Gasteiger partial charge on any atom is -0.368 e. The maximum Gasteiger partial charge on any atom is 0.435 e. The summed E-state index contributed by atoms with van der Waals surface area (Å²) in [7, 11) is 0. The molecule has 4 N–H and O–H groups in total. The van der Waals surface area contributed by atoms with Crippen LogP contribution in [0.25, 0.3) is 0 Å². The number of alkyl halides is 3. The fraction of sp³-hybridized carbons (Fsp3) is 0.267. The standard InChI is InChI=1S/C15H12ClF4N5O2/c16-7-3-6(1-2-8(7)17)12(9-4-11(24-23-9)15(18,19)20)25-5-10(13(21)26)22-14(25)27/h1-4,10,12H,5H2,(H2,21,26)(H,22,27)(H,23,24)/t10?,12-/m0/s1. The number of primary amides is 1. The largest absolute Gasteiger partial charge is 0.435 e. The Morgan fingerprint density at radius 2 is 2.07 bits per heavy atom. The fourth-order valence-electron chi connectivity index (χ4n) is 2.77. The Bertz CT molecular complexity index is 901. The molecule has 3 amide bonds. The third-order valence-electron chi connectivity index (χ3n) is 4.04. The van der Waals surface area contributed by atoms with Crippen molar-refractivity contribution in [2.75, 3.05) is 6.54 Å². The second-order valence-corrected chi connectivity index (χ2v) is 6.25. The Morgan fingerprint density at radius 1 is 1.37 bits per heavy atom. The maximum atomic E-state index is 13.5.